The molecule has 6 heteroatoms. The second-order valence-electron chi connectivity index (χ2n) is 4.50. The molecule has 0 fully saturated rings. The fourth-order valence-electron chi connectivity index (χ4n) is 1.69. The number of hydrogen-bond acceptors (Lipinski definition) is 3. The Labute approximate surface area is 121 Å². The van der Waals surface area contributed by atoms with E-state index < -0.39 is 17.8 Å². The van der Waals surface area contributed by atoms with E-state index in [2.05, 4.69) is 10.6 Å². The first-order valence-electron chi connectivity index (χ1n) is 6.43. The lowest BCUT2D eigenvalue weighted by atomic mass is 10.2. The van der Waals surface area contributed by atoms with Gasteiger partial charge in [0, 0.05) is 5.56 Å². The Bertz CT molecular complexity index is 608. The van der Waals surface area contributed by atoms with Crippen LogP contribution in [0.2, 0.25) is 0 Å². The lowest BCUT2D eigenvalue weighted by Gasteiger charge is -2.13. The van der Waals surface area contributed by atoms with Crippen LogP contribution in [0.5, 0.6) is 0 Å². The monoisotopic (exact) mass is 290 g/mol. The fourth-order valence-corrected chi connectivity index (χ4v) is 1.69. The predicted octanol–water partition coefficient (Wildman–Crippen LogP) is 1.85. The molecule has 5 nitrogen and oxygen atoms in total. The summed E-state index contributed by atoms with van der Waals surface area (Å²) in [6, 6.07) is 7.85. The summed E-state index contributed by atoms with van der Waals surface area (Å²) in [7, 11) is 0. The van der Waals surface area contributed by atoms with Gasteiger partial charge < -0.3 is 15.1 Å². The van der Waals surface area contributed by atoms with E-state index in [4.69, 9.17) is 4.42 Å². The molecule has 2 N–H and O–H groups in total. The minimum Gasteiger partial charge on any atom is -0.467 e. The number of rotatable bonds is 5. The highest BCUT2D eigenvalue weighted by atomic mass is 19.1. The van der Waals surface area contributed by atoms with Gasteiger partial charge in [-0.05, 0) is 43.3 Å². The highest BCUT2D eigenvalue weighted by Gasteiger charge is 2.16. The Hall–Kier alpha value is -2.63. The SMILES string of the molecule is C[C@H](NC(=O)c1ccc(F)cc1)C(=O)NCc1ccco1. The summed E-state index contributed by atoms with van der Waals surface area (Å²) in [4.78, 5) is 23.7. The first-order chi connectivity index (χ1) is 10.1. The Morgan fingerprint density at radius 3 is 2.57 bits per heavy atom. The Morgan fingerprint density at radius 2 is 1.95 bits per heavy atom. The summed E-state index contributed by atoms with van der Waals surface area (Å²) in [5.74, 6) is -0.561. The number of amides is 2. The van der Waals surface area contributed by atoms with Crippen molar-refractivity contribution in [2.45, 2.75) is 19.5 Å². The number of furan rings is 1. The van der Waals surface area contributed by atoms with Gasteiger partial charge in [0.05, 0.1) is 12.8 Å². The molecule has 2 amide bonds. The average molecular weight is 290 g/mol. The minimum absolute atomic E-state index is 0.253. The fraction of sp³-hybridized carbons (Fsp3) is 0.200. The molecule has 0 saturated carbocycles. The van der Waals surface area contributed by atoms with Gasteiger partial charge in [0.25, 0.3) is 5.91 Å². The second kappa shape index (κ2) is 6.69. The molecule has 1 atom stereocenters. The molecular formula is C15H15FN2O3. The van der Waals surface area contributed by atoms with Crippen LogP contribution in [0.15, 0.2) is 47.1 Å². The van der Waals surface area contributed by atoms with Crippen molar-refractivity contribution in [3.63, 3.8) is 0 Å². The van der Waals surface area contributed by atoms with Crippen molar-refractivity contribution in [2.24, 2.45) is 0 Å². The molecule has 110 valence electrons. The van der Waals surface area contributed by atoms with Gasteiger partial charge >= 0.3 is 0 Å². The van der Waals surface area contributed by atoms with Crippen LogP contribution in [-0.4, -0.2) is 17.9 Å². The molecule has 0 aliphatic carbocycles. The summed E-state index contributed by atoms with van der Waals surface area (Å²) >= 11 is 0. The molecule has 1 aromatic carbocycles. The molecular weight excluding hydrogens is 275 g/mol. The van der Waals surface area contributed by atoms with Crippen molar-refractivity contribution in [1.82, 2.24) is 10.6 Å². The second-order valence-corrected chi connectivity index (χ2v) is 4.50. The molecule has 0 radical (unpaired) electrons. The van der Waals surface area contributed by atoms with Gasteiger partial charge in [-0.3, -0.25) is 9.59 Å². The summed E-state index contributed by atoms with van der Waals surface area (Å²) in [6.45, 7) is 1.82. The zero-order valence-electron chi connectivity index (χ0n) is 11.4. The number of hydrogen-bond donors (Lipinski definition) is 2. The third-order valence-corrected chi connectivity index (χ3v) is 2.86. The van der Waals surface area contributed by atoms with Crippen LogP contribution in [0.4, 0.5) is 4.39 Å². The van der Waals surface area contributed by atoms with Gasteiger partial charge in [-0.1, -0.05) is 0 Å². The Morgan fingerprint density at radius 1 is 1.24 bits per heavy atom. The van der Waals surface area contributed by atoms with Gasteiger partial charge in [0.15, 0.2) is 0 Å². The van der Waals surface area contributed by atoms with E-state index >= 15 is 0 Å². The number of carbonyl (C=O) groups excluding carboxylic acids is 2. The van der Waals surface area contributed by atoms with Gasteiger partial charge in [-0.15, -0.1) is 0 Å². The standard InChI is InChI=1S/C15H15FN2O3/c1-10(14(19)17-9-13-3-2-8-21-13)18-15(20)11-4-6-12(16)7-5-11/h2-8,10H,9H2,1H3,(H,17,19)(H,18,20)/t10-/m0/s1. The molecule has 0 saturated heterocycles. The molecule has 21 heavy (non-hydrogen) atoms. The van der Waals surface area contributed by atoms with E-state index in [9.17, 15) is 14.0 Å². The van der Waals surface area contributed by atoms with Crippen LogP contribution in [-0.2, 0) is 11.3 Å². The third kappa shape index (κ3) is 4.17. The summed E-state index contributed by atoms with van der Waals surface area (Å²) in [5.41, 5.74) is 0.294. The van der Waals surface area contributed by atoms with Crippen molar-refractivity contribution < 1.29 is 18.4 Å². The van der Waals surface area contributed by atoms with E-state index in [1.165, 1.54) is 30.5 Å². The van der Waals surface area contributed by atoms with Gasteiger partial charge in [-0.2, -0.15) is 0 Å². The predicted molar refractivity (Wildman–Crippen MR) is 73.9 cm³/mol. The van der Waals surface area contributed by atoms with Crippen molar-refractivity contribution in [3.8, 4) is 0 Å². The van der Waals surface area contributed by atoms with Crippen molar-refractivity contribution in [2.75, 3.05) is 0 Å². The highest BCUT2D eigenvalue weighted by Crippen LogP contribution is 2.03. The van der Waals surface area contributed by atoms with Crippen molar-refractivity contribution in [1.29, 1.82) is 0 Å². The third-order valence-electron chi connectivity index (χ3n) is 2.86. The summed E-state index contributed by atoms with van der Waals surface area (Å²) in [6.07, 6.45) is 1.52. The van der Waals surface area contributed by atoms with Crippen LogP contribution >= 0.6 is 0 Å². The highest BCUT2D eigenvalue weighted by molar-refractivity contribution is 5.97. The van der Waals surface area contributed by atoms with Gasteiger partial charge in [0.2, 0.25) is 5.91 Å². The average Bonchev–Trinajstić information content (AvgIpc) is 2.98. The molecule has 2 aromatic rings. The van der Waals surface area contributed by atoms with Gasteiger partial charge in [-0.25, -0.2) is 4.39 Å². The molecule has 0 spiro atoms. The van der Waals surface area contributed by atoms with Gasteiger partial charge in [0.1, 0.15) is 17.6 Å². The number of nitrogens with one attached hydrogen (secondary N) is 2. The maximum atomic E-state index is 12.8. The molecule has 1 aromatic heterocycles. The minimum atomic E-state index is -0.711. The van der Waals surface area contributed by atoms with E-state index in [1.54, 1.807) is 19.1 Å². The largest absolute Gasteiger partial charge is 0.467 e. The lowest BCUT2D eigenvalue weighted by Crippen LogP contribution is -2.44. The Balaban J connectivity index is 1.85. The smallest absolute Gasteiger partial charge is 0.251 e. The van der Waals surface area contributed by atoms with Crippen molar-refractivity contribution >= 4 is 11.8 Å². The molecule has 0 aliphatic rings. The molecule has 0 bridgehead atoms. The van der Waals surface area contributed by atoms with Crippen LogP contribution < -0.4 is 10.6 Å². The number of halogens is 1. The summed E-state index contributed by atoms with van der Waals surface area (Å²) in [5, 5.41) is 5.18. The zero-order chi connectivity index (χ0) is 15.2. The topological polar surface area (TPSA) is 71.3 Å². The molecule has 2 rings (SSSR count). The van der Waals surface area contributed by atoms with E-state index in [0.717, 1.165) is 0 Å². The zero-order valence-corrected chi connectivity index (χ0v) is 11.4. The van der Waals surface area contributed by atoms with E-state index in [1.807, 2.05) is 0 Å². The van der Waals surface area contributed by atoms with E-state index in [0.29, 0.717) is 11.3 Å². The normalized spacial score (nSPS) is 11.7. The Kier molecular flexibility index (Phi) is 4.71. The molecule has 0 unspecified atom stereocenters. The van der Waals surface area contributed by atoms with Crippen LogP contribution in [0.1, 0.15) is 23.0 Å². The lowest BCUT2D eigenvalue weighted by molar-refractivity contribution is -0.122. The first kappa shape index (κ1) is 14.8. The number of carbonyl (C=O) groups is 2. The maximum Gasteiger partial charge on any atom is 0.251 e. The van der Waals surface area contributed by atoms with Crippen molar-refractivity contribution in [3.05, 3.63) is 59.8 Å². The van der Waals surface area contributed by atoms with E-state index in [-0.39, 0.29) is 12.5 Å². The first-order valence-corrected chi connectivity index (χ1v) is 6.43. The van der Waals surface area contributed by atoms with Crippen LogP contribution in [0, 0.1) is 5.82 Å². The van der Waals surface area contributed by atoms with Crippen LogP contribution in [0.3, 0.4) is 0 Å². The quantitative estimate of drug-likeness (QED) is 0.883. The van der Waals surface area contributed by atoms with Crippen LogP contribution in [0.25, 0.3) is 0 Å². The molecule has 0 aliphatic heterocycles. The summed E-state index contributed by atoms with van der Waals surface area (Å²) < 4.78 is 17.9. The number of benzene rings is 1. The maximum absolute atomic E-state index is 12.8. The molecule has 1 heterocycles.